The van der Waals surface area contributed by atoms with E-state index in [0.717, 1.165) is 17.0 Å². The van der Waals surface area contributed by atoms with Crippen molar-refractivity contribution in [2.24, 2.45) is 0 Å². The summed E-state index contributed by atoms with van der Waals surface area (Å²) < 4.78 is 5.34. The topological polar surface area (TPSA) is 52.1 Å². The lowest BCUT2D eigenvalue weighted by atomic mass is 10.2. The minimum Gasteiger partial charge on any atom is -0.459 e. The van der Waals surface area contributed by atoms with Gasteiger partial charge in [0, 0.05) is 11.4 Å². The third-order valence-electron chi connectivity index (χ3n) is 2.63. The lowest BCUT2D eigenvalue weighted by Crippen LogP contribution is -2.29. The molecule has 0 aliphatic carbocycles. The number of aromatic nitrogens is 2. The molecular formula is C14H22N2O2S. The monoisotopic (exact) mass is 282 g/mol. The first kappa shape index (κ1) is 16.0. The number of aryl methyl sites for hydroxylation is 2. The molecule has 1 rings (SSSR count). The van der Waals surface area contributed by atoms with Crippen LogP contribution in [-0.2, 0) is 9.53 Å². The van der Waals surface area contributed by atoms with Crippen molar-refractivity contribution in [1.82, 2.24) is 9.97 Å². The maximum atomic E-state index is 11.9. The second-order valence-corrected chi connectivity index (χ2v) is 6.90. The summed E-state index contributed by atoms with van der Waals surface area (Å²) in [5.74, 6) is -0.239. The average Bonchev–Trinajstić information content (AvgIpc) is 2.23. The summed E-state index contributed by atoms with van der Waals surface area (Å²) >= 11 is 1.33. The van der Waals surface area contributed by atoms with Gasteiger partial charge in [0.2, 0.25) is 0 Å². The average molecular weight is 282 g/mol. The number of rotatable bonds is 3. The van der Waals surface area contributed by atoms with Crippen molar-refractivity contribution < 1.29 is 9.53 Å². The molecule has 19 heavy (non-hydrogen) atoms. The number of carbonyl (C=O) groups is 1. The number of hydrogen-bond donors (Lipinski definition) is 0. The number of carbonyl (C=O) groups excluding carboxylic acids is 1. The van der Waals surface area contributed by atoms with Crippen LogP contribution in [0.4, 0.5) is 0 Å². The van der Waals surface area contributed by atoms with Crippen molar-refractivity contribution in [3.63, 3.8) is 0 Å². The van der Waals surface area contributed by atoms with E-state index in [1.807, 2.05) is 48.5 Å². The Hall–Kier alpha value is -1.10. The summed E-state index contributed by atoms with van der Waals surface area (Å²) in [6.45, 7) is 13.3. The summed E-state index contributed by atoms with van der Waals surface area (Å²) in [6.07, 6.45) is 0. The molecule has 0 fully saturated rings. The van der Waals surface area contributed by atoms with Gasteiger partial charge in [0.15, 0.2) is 5.16 Å². The second kappa shape index (κ2) is 5.90. The second-order valence-electron chi connectivity index (χ2n) is 5.60. The predicted molar refractivity (Wildman–Crippen MR) is 77.4 cm³/mol. The first-order chi connectivity index (χ1) is 8.60. The molecule has 0 aromatic carbocycles. The number of thioether (sulfide) groups is 1. The van der Waals surface area contributed by atoms with Gasteiger partial charge in [-0.1, -0.05) is 11.8 Å². The Morgan fingerprint density at radius 1 is 1.16 bits per heavy atom. The molecule has 0 saturated heterocycles. The van der Waals surface area contributed by atoms with Gasteiger partial charge in [-0.05, 0) is 54.0 Å². The number of esters is 1. The van der Waals surface area contributed by atoms with Crippen LogP contribution in [0.1, 0.15) is 44.6 Å². The Morgan fingerprint density at radius 3 is 2.05 bits per heavy atom. The van der Waals surface area contributed by atoms with E-state index in [4.69, 9.17) is 4.74 Å². The van der Waals surface area contributed by atoms with E-state index < -0.39 is 5.60 Å². The first-order valence-corrected chi connectivity index (χ1v) is 7.19. The molecule has 0 aliphatic heterocycles. The van der Waals surface area contributed by atoms with Crippen molar-refractivity contribution >= 4 is 17.7 Å². The maximum Gasteiger partial charge on any atom is 0.319 e. The standard InChI is InChI=1S/C14H22N2O2S/c1-8-9(2)15-13(16-10(8)3)19-11(4)12(17)18-14(5,6)7/h11H,1-7H3. The Labute approximate surface area is 119 Å². The molecule has 4 nitrogen and oxygen atoms in total. The molecule has 0 aliphatic rings. The van der Waals surface area contributed by atoms with Crippen LogP contribution >= 0.6 is 11.8 Å². The normalized spacial score (nSPS) is 13.2. The van der Waals surface area contributed by atoms with E-state index >= 15 is 0 Å². The van der Waals surface area contributed by atoms with Gasteiger partial charge in [-0.15, -0.1) is 0 Å². The summed E-state index contributed by atoms with van der Waals surface area (Å²) in [5, 5.41) is 0.305. The van der Waals surface area contributed by atoms with E-state index in [2.05, 4.69) is 9.97 Å². The van der Waals surface area contributed by atoms with Crippen LogP contribution in [0.15, 0.2) is 5.16 Å². The SMILES string of the molecule is Cc1nc(SC(C)C(=O)OC(C)(C)C)nc(C)c1C. The molecule has 5 heteroatoms. The molecule has 0 saturated carbocycles. The summed E-state index contributed by atoms with van der Waals surface area (Å²) in [4.78, 5) is 20.7. The van der Waals surface area contributed by atoms with Gasteiger partial charge in [-0.25, -0.2) is 9.97 Å². The van der Waals surface area contributed by atoms with Gasteiger partial charge in [0.1, 0.15) is 10.9 Å². The van der Waals surface area contributed by atoms with E-state index in [9.17, 15) is 4.79 Å². The van der Waals surface area contributed by atoms with Crippen molar-refractivity contribution in [2.75, 3.05) is 0 Å². The minimum absolute atomic E-state index is 0.239. The van der Waals surface area contributed by atoms with Crippen molar-refractivity contribution in [3.8, 4) is 0 Å². The molecule has 1 aromatic rings. The Balaban J connectivity index is 2.77. The highest BCUT2D eigenvalue weighted by molar-refractivity contribution is 8.00. The Morgan fingerprint density at radius 2 is 1.63 bits per heavy atom. The van der Waals surface area contributed by atoms with Crippen molar-refractivity contribution in [2.45, 2.75) is 64.5 Å². The van der Waals surface area contributed by atoms with Gasteiger partial charge in [-0.3, -0.25) is 4.79 Å². The molecular weight excluding hydrogens is 260 g/mol. The number of ether oxygens (including phenoxy) is 1. The molecule has 1 heterocycles. The van der Waals surface area contributed by atoms with Gasteiger partial charge in [-0.2, -0.15) is 0 Å². The minimum atomic E-state index is -0.466. The Kier molecular flexibility index (Phi) is 4.96. The largest absolute Gasteiger partial charge is 0.459 e. The lowest BCUT2D eigenvalue weighted by molar-refractivity contribution is -0.153. The van der Waals surface area contributed by atoms with Crippen molar-refractivity contribution in [3.05, 3.63) is 17.0 Å². The van der Waals surface area contributed by atoms with Gasteiger partial charge in [0.25, 0.3) is 0 Å². The van der Waals surface area contributed by atoms with E-state index in [1.54, 1.807) is 0 Å². The fourth-order valence-electron chi connectivity index (χ4n) is 1.39. The van der Waals surface area contributed by atoms with Crippen LogP contribution in [0.3, 0.4) is 0 Å². The number of nitrogens with zero attached hydrogens (tertiary/aromatic N) is 2. The Bertz CT molecular complexity index is 458. The number of hydrogen-bond acceptors (Lipinski definition) is 5. The predicted octanol–water partition coefficient (Wildman–Crippen LogP) is 3.22. The van der Waals surface area contributed by atoms with Crippen LogP contribution in [0, 0.1) is 20.8 Å². The molecule has 1 unspecified atom stereocenters. The fraction of sp³-hybridized carbons (Fsp3) is 0.643. The molecule has 106 valence electrons. The summed E-state index contributed by atoms with van der Waals surface area (Å²) in [6, 6.07) is 0. The molecule has 0 spiro atoms. The quantitative estimate of drug-likeness (QED) is 0.484. The van der Waals surface area contributed by atoms with Crippen LogP contribution in [0.2, 0.25) is 0 Å². The maximum absolute atomic E-state index is 11.9. The molecule has 0 radical (unpaired) electrons. The zero-order chi connectivity index (χ0) is 14.8. The van der Waals surface area contributed by atoms with E-state index in [1.165, 1.54) is 11.8 Å². The smallest absolute Gasteiger partial charge is 0.319 e. The van der Waals surface area contributed by atoms with Crippen LogP contribution < -0.4 is 0 Å². The molecule has 1 aromatic heterocycles. The molecule has 0 amide bonds. The third kappa shape index (κ3) is 4.82. The highest BCUT2D eigenvalue weighted by Crippen LogP contribution is 2.23. The third-order valence-corrected chi connectivity index (χ3v) is 3.57. The summed E-state index contributed by atoms with van der Waals surface area (Å²) in [5.41, 5.74) is 2.53. The highest BCUT2D eigenvalue weighted by Gasteiger charge is 2.23. The van der Waals surface area contributed by atoms with Crippen molar-refractivity contribution in [1.29, 1.82) is 0 Å². The van der Waals surface area contributed by atoms with Gasteiger partial charge >= 0.3 is 5.97 Å². The molecule has 0 bridgehead atoms. The van der Waals surface area contributed by atoms with Gasteiger partial charge in [0.05, 0.1) is 0 Å². The van der Waals surface area contributed by atoms with Crippen LogP contribution in [-0.4, -0.2) is 26.8 Å². The first-order valence-electron chi connectivity index (χ1n) is 6.31. The van der Waals surface area contributed by atoms with Gasteiger partial charge < -0.3 is 4.74 Å². The lowest BCUT2D eigenvalue weighted by Gasteiger charge is -2.21. The summed E-state index contributed by atoms with van der Waals surface area (Å²) in [7, 11) is 0. The van der Waals surface area contributed by atoms with Crippen LogP contribution in [0.5, 0.6) is 0 Å². The van der Waals surface area contributed by atoms with E-state index in [-0.39, 0.29) is 11.2 Å². The zero-order valence-corrected chi connectivity index (χ0v) is 13.5. The molecule has 0 N–H and O–H groups in total. The molecule has 1 atom stereocenters. The zero-order valence-electron chi connectivity index (χ0n) is 12.7. The van der Waals surface area contributed by atoms with E-state index in [0.29, 0.717) is 5.16 Å². The highest BCUT2D eigenvalue weighted by atomic mass is 32.2. The fourth-order valence-corrected chi connectivity index (χ4v) is 2.22. The van der Waals surface area contributed by atoms with Crippen LogP contribution in [0.25, 0.3) is 0 Å².